The quantitative estimate of drug-likeness (QED) is 0.414. The van der Waals surface area contributed by atoms with Crippen LogP contribution in [0.2, 0.25) is 0 Å². The summed E-state index contributed by atoms with van der Waals surface area (Å²) < 4.78 is 2.20. The van der Waals surface area contributed by atoms with E-state index in [4.69, 9.17) is 5.84 Å². The monoisotopic (exact) mass is 486 g/mol. The van der Waals surface area contributed by atoms with E-state index in [1.54, 1.807) is 11.8 Å². The number of nitrogen functional groups attached to an aromatic ring is 1. The molecule has 8 nitrogen and oxygen atoms in total. The second-order valence-electron chi connectivity index (χ2n) is 5.75. The fraction of sp³-hybridized carbons (Fsp3) is 0.412. The van der Waals surface area contributed by atoms with Gasteiger partial charge >= 0.3 is 0 Å². The van der Waals surface area contributed by atoms with Gasteiger partial charge in [-0.3, -0.25) is 9.59 Å². The van der Waals surface area contributed by atoms with Crippen molar-refractivity contribution in [3.8, 4) is 0 Å². The van der Waals surface area contributed by atoms with Gasteiger partial charge in [0.2, 0.25) is 22.1 Å². The molecule has 1 aromatic carbocycles. The summed E-state index contributed by atoms with van der Waals surface area (Å²) in [6.45, 7) is 6.97. The molecule has 152 valence electrons. The number of thioether (sulfide) groups is 2. The highest BCUT2D eigenvalue weighted by Gasteiger charge is 2.20. The molecule has 2 aromatic rings. The first-order valence-corrected chi connectivity index (χ1v) is 11.4. The minimum absolute atomic E-state index is 0.0222. The van der Waals surface area contributed by atoms with Crippen LogP contribution < -0.4 is 11.2 Å². The van der Waals surface area contributed by atoms with Gasteiger partial charge in [0.25, 0.3) is 0 Å². The molecule has 1 atom stereocenters. The summed E-state index contributed by atoms with van der Waals surface area (Å²) in [5.41, 5.74) is 0.701. The zero-order chi connectivity index (χ0) is 20.7. The molecular weight excluding hydrogens is 464 g/mol. The van der Waals surface area contributed by atoms with E-state index in [1.807, 2.05) is 38.1 Å². The SMILES string of the molecule is CCN(CC)C(=O)CSc1nnc(SC(C)C(=O)Nc2cccc(Br)c2)n1N. The van der Waals surface area contributed by atoms with E-state index in [0.717, 1.165) is 4.47 Å². The number of hydrogen-bond acceptors (Lipinski definition) is 7. The van der Waals surface area contributed by atoms with Crippen LogP contribution in [0.25, 0.3) is 0 Å². The fourth-order valence-electron chi connectivity index (χ4n) is 2.26. The van der Waals surface area contributed by atoms with Gasteiger partial charge in [-0.15, -0.1) is 10.2 Å². The first kappa shape index (κ1) is 22.6. The summed E-state index contributed by atoms with van der Waals surface area (Å²) in [6.07, 6.45) is 0. The lowest BCUT2D eigenvalue weighted by Crippen LogP contribution is -2.32. The number of carbonyl (C=O) groups excluding carboxylic acids is 2. The number of aromatic nitrogens is 3. The predicted molar refractivity (Wildman–Crippen MR) is 117 cm³/mol. The number of carbonyl (C=O) groups is 2. The lowest BCUT2D eigenvalue weighted by Gasteiger charge is -2.17. The number of amides is 2. The Morgan fingerprint density at radius 1 is 1.29 bits per heavy atom. The van der Waals surface area contributed by atoms with Gasteiger partial charge in [0.1, 0.15) is 0 Å². The average molecular weight is 487 g/mol. The second-order valence-corrected chi connectivity index (χ2v) is 8.92. The van der Waals surface area contributed by atoms with Gasteiger partial charge in [-0.05, 0) is 39.0 Å². The number of nitrogens with two attached hydrogens (primary N) is 1. The van der Waals surface area contributed by atoms with Crippen molar-refractivity contribution in [1.82, 2.24) is 19.8 Å². The van der Waals surface area contributed by atoms with E-state index >= 15 is 0 Å². The first-order chi connectivity index (χ1) is 13.3. The van der Waals surface area contributed by atoms with E-state index in [2.05, 4.69) is 31.4 Å². The molecule has 1 unspecified atom stereocenters. The van der Waals surface area contributed by atoms with Gasteiger partial charge in [0, 0.05) is 23.2 Å². The minimum Gasteiger partial charge on any atom is -0.343 e. The molecule has 0 saturated heterocycles. The van der Waals surface area contributed by atoms with Crippen LogP contribution in [-0.4, -0.2) is 55.7 Å². The number of anilines is 1. The van der Waals surface area contributed by atoms with Gasteiger partial charge in [-0.25, -0.2) is 4.68 Å². The maximum Gasteiger partial charge on any atom is 0.237 e. The van der Waals surface area contributed by atoms with Crippen molar-refractivity contribution in [1.29, 1.82) is 0 Å². The molecule has 2 amide bonds. The van der Waals surface area contributed by atoms with Crippen LogP contribution in [0.4, 0.5) is 5.69 Å². The van der Waals surface area contributed by atoms with Gasteiger partial charge in [0.05, 0.1) is 11.0 Å². The highest BCUT2D eigenvalue weighted by Crippen LogP contribution is 2.25. The molecule has 0 fully saturated rings. The fourth-order valence-corrected chi connectivity index (χ4v) is 4.24. The average Bonchev–Trinajstić information content (AvgIpc) is 3.00. The van der Waals surface area contributed by atoms with Crippen LogP contribution in [0.5, 0.6) is 0 Å². The highest BCUT2D eigenvalue weighted by atomic mass is 79.9. The zero-order valence-corrected chi connectivity index (χ0v) is 19.1. The Morgan fingerprint density at radius 2 is 1.96 bits per heavy atom. The molecule has 0 aliphatic carbocycles. The molecule has 0 aliphatic rings. The Labute approximate surface area is 181 Å². The van der Waals surface area contributed by atoms with Gasteiger partial charge in [-0.2, -0.15) is 0 Å². The molecule has 11 heteroatoms. The Morgan fingerprint density at radius 3 is 2.61 bits per heavy atom. The van der Waals surface area contributed by atoms with E-state index in [1.165, 1.54) is 28.2 Å². The number of nitrogens with zero attached hydrogens (tertiary/aromatic N) is 4. The maximum absolute atomic E-state index is 12.4. The van der Waals surface area contributed by atoms with Crippen LogP contribution in [-0.2, 0) is 9.59 Å². The van der Waals surface area contributed by atoms with Crippen LogP contribution in [0.1, 0.15) is 20.8 Å². The number of halogens is 1. The molecule has 3 N–H and O–H groups in total. The van der Waals surface area contributed by atoms with Crippen molar-refractivity contribution >= 4 is 57.0 Å². The molecule has 0 spiro atoms. The third kappa shape index (κ3) is 6.14. The summed E-state index contributed by atoms with van der Waals surface area (Å²) >= 11 is 5.81. The van der Waals surface area contributed by atoms with E-state index in [0.29, 0.717) is 29.1 Å². The van der Waals surface area contributed by atoms with Crippen molar-refractivity contribution in [3.63, 3.8) is 0 Å². The first-order valence-electron chi connectivity index (χ1n) is 8.69. The molecule has 0 aliphatic heterocycles. The Bertz CT molecular complexity index is 828. The summed E-state index contributed by atoms with van der Waals surface area (Å²) in [6, 6.07) is 7.36. The van der Waals surface area contributed by atoms with E-state index in [-0.39, 0.29) is 17.6 Å². The number of hydrogen-bond donors (Lipinski definition) is 2. The molecule has 0 radical (unpaired) electrons. The van der Waals surface area contributed by atoms with Crippen molar-refractivity contribution in [2.75, 3.05) is 30.0 Å². The largest absolute Gasteiger partial charge is 0.343 e. The molecule has 0 bridgehead atoms. The Kier molecular flexibility index (Phi) is 8.64. The topological polar surface area (TPSA) is 106 Å². The highest BCUT2D eigenvalue weighted by molar-refractivity contribution is 9.10. The van der Waals surface area contributed by atoms with Crippen LogP contribution in [0.15, 0.2) is 39.1 Å². The second kappa shape index (κ2) is 10.7. The van der Waals surface area contributed by atoms with Crippen LogP contribution in [0, 0.1) is 0 Å². The molecule has 2 rings (SSSR count). The normalized spacial score (nSPS) is 11.9. The molecular formula is C17H23BrN6O2S2. The number of rotatable bonds is 9. The predicted octanol–water partition coefficient (Wildman–Crippen LogP) is 2.83. The van der Waals surface area contributed by atoms with E-state index < -0.39 is 5.25 Å². The smallest absolute Gasteiger partial charge is 0.237 e. The van der Waals surface area contributed by atoms with Crippen molar-refractivity contribution in [2.45, 2.75) is 36.3 Å². The molecule has 1 heterocycles. The zero-order valence-electron chi connectivity index (χ0n) is 15.9. The van der Waals surface area contributed by atoms with Crippen LogP contribution in [0.3, 0.4) is 0 Å². The minimum atomic E-state index is -0.430. The number of benzene rings is 1. The van der Waals surface area contributed by atoms with Gasteiger partial charge in [-0.1, -0.05) is 45.5 Å². The summed E-state index contributed by atoms with van der Waals surface area (Å²) in [4.78, 5) is 26.3. The molecule has 1 aromatic heterocycles. The van der Waals surface area contributed by atoms with Crippen molar-refractivity contribution < 1.29 is 9.59 Å². The van der Waals surface area contributed by atoms with E-state index in [9.17, 15) is 9.59 Å². The Balaban J connectivity index is 1.93. The lowest BCUT2D eigenvalue weighted by atomic mass is 10.3. The summed E-state index contributed by atoms with van der Waals surface area (Å²) in [7, 11) is 0. The third-order valence-corrected chi connectivity index (χ3v) is 6.30. The standard InChI is InChI=1S/C17H23BrN6O2S2/c1-4-23(5-2)14(25)10-27-16-21-22-17(24(16)19)28-11(3)15(26)20-13-8-6-7-12(18)9-13/h6-9,11H,4-5,10,19H2,1-3H3,(H,20,26). The van der Waals surface area contributed by atoms with Gasteiger partial charge in [0.15, 0.2) is 0 Å². The number of nitrogens with one attached hydrogen (secondary N) is 1. The van der Waals surface area contributed by atoms with Crippen LogP contribution >= 0.6 is 39.5 Å². The third-order valence-electron chi connectivity index (χ3n) is 3.82. The van der Waals surface area contributed by atoms with Crippen molar-refractivity contribution in [2.24, 2.45) is 0 Å². The van der Waals surface area contributed by atoms with Crippen molar-refractivity contribution in [3.05, 3.63) is 28.7 Å². The lowest BCUT2D eigenvalue weighted by molar-refractivity contribution is -0.128. The van der Waals surface area contributed by atoms with Gasteiger partial charge < -0.3 is 16.1 Å². The Hall–Kier alpha value is -1.72. The summed E-state index contributed by atoms with van der Waals surface area (Å²) in [5, 5.41) is 11.3. The molecule has 0 saturated carbocycles. The molecule has 28 heavy (non-hydrogen) atoms. The maximum atomic E-state index is 12.4. The summed E-state index contributed by atoms with van der Waals surface area (Å²) in [5.74, 6) is 6.13.